The SMILES string of the molecule is Cc1cc(NC(=O)NCCN2CCC(C(=O)N(C)Cc3ccccc3)(c3ccccc3)CC2)cc(C=Cc2ccccc2)n1. The van der Waals surface area contributed by atoms with Crippen molar-refractivity contribution in [3.63, 3.8) is 0 Å². The van der Waals surface area contributed by atoms with Gasteiger partial charge >= 0.3 is 6.03 Å². The van der Waals surface area contributed by atoms with Crippen molar-refractivity contribution in [3.8, 4) is 0 Å². The molecule has 226 valence electrons. The number of rotatable bonds is 10. The lowest BCUT2D eigenvalue weighted by atomic mass is 9.71. The third kappa shape index (κ3) is 7.99. The first-order valence-electron chi connectivity index (χ1n) is 15.3. The Morgan fingerprint density at radius 3 is 2.20 bits per heavy atom. The Labute approximate surface area is 260 Å². The van der Waals surface area contributed by atoms with Crippen LogP contribution in [-0.4, -0.2) is 59.9 Å². The van der Waals surface area contributed by atoms with E-state index < -0.39 is 5.41 Å². The van der Waals surface area contributed by atoms with Gasteiger partial charge in [0.25, 0.3) is 0 Å². The first-order chi connectivity index (χ1) is 21.4. The zero-order valence-electron chi connectivity index (χ0n) is 25.6. The van der Waals surface area contributed by atoms with E-state index >= 15 is 0 Å². The lowest BCUT2D eigenvalue weighted by Gasteiger charge is -2.43. The van der Waals surface area contributed by atoms with Gasteiger partial charge in [-0.05, 0) is 67.8 Å². The minimum atomic E-state index is -0.558. The zero-order valence-corrected chi connectivity index (χ0v) is 25.6. The minimum absolute atomic E-state index is 0.162. The molecule has 2 heterocycles. The molecule has 0 unspecified atom stereocenters. The number of aryl methyl sites for hydroxylation is 1. The van der Waals surface area contributed by atoms with E-state index in [1.165, 1.54) is 0 Å². The van der Waals surface area contributed by atoms with Crippen molar-refractivity contribution in [1.82, 2.24) is 20.1 Å². The maximum absolute atomic E-state index is 14.0. The molecule has 0 aliphatic carbocycles. The predicted molar refractivity (Wildman–Crippen MR) is 178 cm³/mol. The van der Waals surface area contributed by atoms with Gasteiger partial charge in [0, 0.05) is 38.1 Å². The molecule has 5 rings (SSSR count). The van der Waals surface area contributed by atoms with E-state index in [-0.39, 0.29) is 11.9 Å². The van der Waals surface area contributed by atoms with Crippen LogP contribution in [-0.2, 0) is 16.8 Å². The number of hydrogen-bond acceptors (Lipinski definition) is 4. The molecule has 1 saturated heterocycles. The average molecular weight is 588 g/mol. The molecule has 0 spiro atoms. The fraction of sp³-hybridized carbons (Fsp3) is 0.270. The van der Waals surface area contributed by atoms with Crippen molar-refractivity contribution in [2.24, 2.45) is 0 Å². The Morgan fingerprint density at radius 1 is 0.886 bits per heavy atom. The first-order valence-corrected chi connectivity index (χ1v) is 15.3. The van der Waals surface area contributed by atoms with Crippen LogP contribution >= 0.6 is 0 Å². The molecule has 0 saturated carbocycles. The number of urea groups is 1. The molecule has 1 aromatic heterocycles. The number of anilines is 1. The Bertz CT molecular complexity index is 1550. The van der Waals surface area contributed by atoms with E-state index in [1.54, 1.807) is 0 Å². The van der Waals surface area contributed by atoms with Crippen molar-refractivity contribution >= 4 is 29.8 Å². The number of amides is 3. The van der Waals surface area contributed by atoms with Gasteiger partial charge in [0.05, 0.1) is 11.1 Å². The molecule has 44 heavy (non-hydrogen) atoms. The molecule has 1 aliphatic heterocycles. The summed E-state index contributed by atoms with van der Waals surface area (Å²) in [5.41, 5.74) is 5.04. The number of hydrogen-bond donors (Lipinski definition) is 2. The standard InChI is InChI=1S/C37H41N5O2/c1-29-26-34(27-33(39-29)19-18-30-12-6-3-7-13-30)40-36(44)38-22-25-42-23-20-37(21-24-42,32-16-10-5-11-17-32)35(43)41(2)28-31-14-8-4-9-15-31/h3-19,26-27H,20-25,28H2,1-2H3,(H2,38,39,40,44). The number of aromatic nitrogens is 1. The summed E-state index contributed by atoms with van der Waals surface area (Å²) in [6.07, 6.45) is 5.42. The molecular weight excluding hydrogens is 546 g/mol. The van der Waals surface area contributed by atoms with E-state index in [9.17, 15) is 9.59 Å². The summed E-state index contributed by atoms with van der Waals surface area (Å²) < 4.78 is 0. The first kappa shape index (κ1) is 30.7. The molecule has 2 N–H and O–H groups in total. The maximum atomic E-state index is 14.0. The van der Waals surface area contributed by atoms with Crippen molar-refractivity contribution < 1.29 is 9.59 Å². The number of carbonyl (C=O) groups is 2. The monoisotopic (exact) mass is 587 g/mol. The number of likely N-dealkylation sites (N-methyl/N-ethyl adjacent to an activating group) is 1. The van der Waals surface area contributed by atoms with Crippen LogP contribution in [0, 0.1) is 6.92 Å². The molecular formula is C37H41N5O2. The average Bonchev–Trinajstić information content (AvgIpc) is 3.05. The number of nitrogens with one attached hydrogen (secondary N) is 2. The minimum Gasteiger partial charge on any atom is -0.341 e. The summed E-state index contributed by atoms with van der Waals surface area (Å²) in [6, 6.07) is 33.8. The molecule has 3 aromatic carbocycles. The lowest BCUT2D eigenvalue weighted by molar-refractivity contribution is -0.138. The topological polar surface area (TPSA) is 77.6 Å². The van der Waals surface area contributed by atoms with E-state index in [4.69, 9.17) is 0 Å². The van der Waals surface area contributed by atoms with Crippen LogP contribution in [0.2, 0.25) is 0 Å². The fourth-order valence-electron chi connectivity index (χ4n) is 5.94. The second kappa shape index (κ2) is 14.6. The van der Waals surface area contributed by atoms with Gasteiger partial charge < -0.3 is 20.4 Å². The van der Waals surface area contributed by atoms with Gasteiger partial charge in [0.1, 0.15) is 0 Å². The van der Waals surface area contributed by atoms with E-state index in [0.717, 1.165) is 54.0 Å². The van der Waals surface area contributed by atoms with E-state index in [0.29, 0.717) is 25.3 Å². The van der Waals surface area contributed by atoms with Crippen LogP contribution in [0.3, 0.4) is 0 Å². The van der Waals surface area contributed by atoms with Gasteiger partial charge in [0.2, 0.25) is 5.91 Å². The van der Waals surface area contributed by atoms with Crippen molar-refractivity contribution in [2.75, 3.05) is 38.5 Å². The quantitative estimate of drug-likeness (QED) is 0.226. The van der Waals surface area contributed by atoms with Gasteiger partial charge in [0.15, 0.2) is 0 Å². The van der Waals surface area contributed by atoms with Crippen LogP contribution in [0.1, 0.15) is 40.9 Å². The molecule has 0 atom stereocenters. The molecule has 7 heteroatoms. The third-order valence-corrected chi connectivity index (χ3v) is 8.25. The normalized spacial score (nSPS) is 14.7. The molecule has 1 fully saturated rings. The highest BCUT2D eigenvalue weighted by molar-refractivity contribution is 5.90. The molecule has 4 aromatic rings. The van der Waals surface area contributed by atoms with Gasteiger partial charge in [-0.2, -0.15) is 0 Å². The second-order valence-electron chi connectivity index (χ2n) is 11.5. The highest BCUT2D eigenvalue weighted by Crippen LogP contribution is 2.37. The highest BCUT2D eigenvalue weighted by Gasteiger charge is 2.44. The van der Waals surface area contributed by atoms with Crippen molar-refractivity contribution in [3.05, 3.63) is 131 Å². The van der Waals surface area contributed by atoms with Gasteiger partial charge in [-0.15, -0.1) is 0 Å². The summed E-state index contributed by atoms with van der Waals surface area (Å²) in [5.74, 6) is 0.162. The molecule has 3 amide bonds. The van der Waals surface area contributed by atoms with Gasteiger partial charge in [-0.25, -0.2) is 4.79 Å². The van der Waals surface area contributed by atoms with Gasteiger partial charge in [-0.1, -0.05) is 97.1 Å². The van der Waals surface area contributed by atoms with Crippen LogP contribution in [0.5, 0.6) is 0 Å². The van der Waals surface area contributed by atoms with Gasteiger partial charge in [-0.3, -0.25) is 9.78 Å². The van der Waals surface area contributed by atoms with E-state index in [2.05, 4.69) is 44.8 Å². The second-order valence-corrected chi connectivity index (χ2v) is 11.5. The molecule has 1 aliphatic rings. The molecule has 0 radical (unpaired) electrons. The van der Waals surface area contributed by atoms with E-state index in [1.807, 2.05) is 110 Å². The Morgan fingerprint density at radius 2 is 1.52 bits per heavy atom. The lowest BCUT2D eigenvalue weighted by Crippen LogP contribution is -2.52. The smallest absolute Gasteiger partial charge is 0.319 e. The Hall–Kier alpha value is -4.75. The Kier molecular flexibility index (Phi) is 10.2. The van der Waals surface area contributed by atoms with Crippen LogP contribution < -0.4 is 10.6 Å². The molecule has 7 nitrogen and oxygen atoms in total. The number of carbonyl (C=O) groups excluding carboxylic acids is 2. The highest BCUT2D eigenvalue weighted by atomic mass is 16.2. The van der Waals surface area contributed by atoms with Crippen molar-refractivity contribution in [2.45, 2.75) is 31.7 Å². The van der Waals surface area contributed by atoms with Crippen LogP contribution in [0.15, 0.2) is 103 Å². The fourth-order valence-corrected chi connectivity index (χ4v) is 5.94. The predicted octanol–water partition coefficient (Wildman–Crippen LogP) is 6.37. The van der Waals surface area contributed by atoms with Crippen LogP contribution in [0.25, 0.3) is 12.2 Å². The number of likely N-dealkylation sites (tertiary alicyclic amines) is 1. The van der Waals surface area contributed by atoms with Crippen molar-refractivity contribution in [1.29, 1.82) is 0 Å². The van der Waals surface area contributed by atoms with Crippen LogP contribution in [0.4, 0.5) is 10.5 Å². The number of benzene rings is 3. The number of piperidine rings is 1. The largest absolute Gasteiger partial charge is 0.341 e. The summed E-state index contributed by atoms with van der Waals surface area (Å²) >= 11 is 0. The molecule has 0 bridgehead atoms. The Balaban J connectivity index is 1.14. The summed E-state index contributed by atoms with van der Waals surface area (Å²) in [6.45, 7) is 5.29. The third-order valence-electron chi connectivity index (χ3n) is 8.25. The zero-order chi connectivity index (χ0) is 30.8. The summed E-state index contributed by atoms with van der Waals surface area (Å²) in [4.78, 5) is 35.5. The summed E-state index contributed by atoms with van der Waals surface area (Å²) in [5, 5.41) is 5.94. The number of pyridine rings is 1. The maximum Gasteiger partial charge on any atom is 0.319 e. The summed E-state index contributed by atoms with van der Waals surface area (Å²) in [7, 11) is 1.90. The number of nitrogens with zero attached hydrogens (tertiary/aromatic N) is 3.